The molecule has 2 N–H and O–H groups in total. The second-order valence-electron chi connectivity index (χ2n) is 5.80. The number of esters is 4. The van der Waals surface area contributed by atoms with Gasteiger partial charge in [-0.25, -0.2) is 13.7 Å². The van der Waals surface area contributed by atoms with Gasteiger partial charge in [-0.2, -0.15) is 0 Å². The maximum absolute atomic E-state index is 12.5. The molecule has 0 aromatic rings. The molecular formula is C18H32N2O9S. The third-order valence-electron chi connectivity index (χ3n) is 3.53. The van der Waals surface area contributed by atoms with Crippen molar-refractivity contribution in [1.82, 2.24) is 9.44 Å². The lowest BCUT2D eigenvalue weighted by atomic mass is 10.2. The first-order valence-electron chi connectivity index (χ1n) is 9.87. The molecular weight excluding hydrogens is 420 g/mol. The highest BCUT2D eigenvalue weighted by molar-refractivity contribution is 7.81. The molecule has 0 aromatic heterocycles. The molecule has 30 heavy (non-hydrogen) atoms. The van der Waals surface area contributed by atoms with Crippen LogP contribution in [0.4, 0.5) is 0 Å². The summed E-state index contributed by atoms with van der Waals surface area (Å²) in [5, 5.41) is 0. The van der Waals surface area contributed by atoms with E-state index < -0.39 is 47.1 Å². The molecule has 11 nitrogen and oxygen atoms in total. The van der Waals surface area contributed by atoms with Crippen molar-refractivity contribution in [3.05, 3.63) is 0 Å². The van der Waals surface area contributed by atoms with E-state index in [9.17, 15) is 23.4 Å². The monoisotopic (exact) mass is 452 g/mol. The zero-order valence-corrected chi connectivity index (χ0v) is 18.7. The molecule has 0 fully saturated rings. The van der Waals surface area contributed by atoms with Crippen LogP contribution in [0.15, 0.2) is 0 Å². The molecule has 0 saturated carbocycles. The van der Waals surface area contributed by atoms with Crippen LogP contribution in [0.25, 0.3) is 0 Å². The highest BCUT2D eigenvalue weighted by atomic mass is 32.2. The minimum Gasteiger partial charge on any atom is -0.466 e. The van der Waals surface area contributed by atoms with Crippen LogP contribution in [0.3, 0.4) is 0 Å². The summed E-state index contributed by atoms with van der Waals surface area (Å²) in [7, 11) is 0. The SMILES string of the molecule is CCOC(=O)CCC(NS(=O)NC(CCC(=O)OCC)C(=O)OCC)C(=O)OCC. The van der Waals surface area contributed by atoms with Crippen molar-refractivity contribution in [2.24, 2.45) is 0 Å². The predicted molar refractivity (Wildman–Crippen MR) is 107 cm³/mol. The van der Waals surface area contributed by atoms with E-state index in [0.717, 1.165) is 0 Å². The fourth-order valence-corrected chi connectivity index (χ4v) is 3.23. The Labute approximate surface area is 179 Å². The maximum atomic E-state index is 12.5. The van der Waals surface area contributed by atoms with Gasteiger partial charge in [-0.05, 0) is 40.5 Å². The number of hydrogen-bond donors (Lipinski definition) is 2. The van der Waals surface area contributed by atoms with Crippen LogP contribution in [0, 0.1) is 0 Å². The summed E-state index contributed by atoms with van der Waals surface area (Å²) in [4.78, 5) is 47.3. The van der Waals surface area contributed by atoms with Gasteiger partial charge in [0.15, 0.2) is 11.2 Å². The third-order valence-corrected chi connectivity index (χ3v) is 4.52. The minimum absolute atomic E-state index is 0.0159. The van der Waals surface area contributed by atoms with Gasteiger partial charge in [-0.1, -0.05) is 0 Å². The Kier molecular flexibility index (Phi) is 15.6. The number of rotatable bonds is 16. The lowest BCUT2D eigenvalue weighted by Gasteiger charge is -2.20. The molecule has 174 valence electrons. The Morgan fingerprint density at radius 1 is 0.667 bits per heavy atom. The quantitative estimate of drug-likeness (QED) is 0.249. The molecule has 0 aromatic carbocycles. The Balaban J connectivity index is 5.01. The lowest BCUT2D eigenvalue weighted by Crippen LogP contribution is -2.48. The third kappa shape index (κ3) is 12.5. The summed E-state index contributed by atoms with van der Waals surface area (Å²) in [6, 6.07) is -2.15. The van der Waals surface area contributed by atoms with Gasteiger partial charge in [0.2, 0.25) is 0 Å². The molecule has 12 heteroatoms. The fraction of sp³-hybridized carbons (Fsp3) is 0.778. The molecule has 0 bridgehead atoms. The van der Waals surface area contributed by atoms with Gasteiger partial charge in [-0.3, -0.25) is 19.2 Å². The van der Waals surface area contributed by atoms with Crippen molar-refractivity contribution in [2.45, 2.75) is 65.5 Å². The van der Waals surface area contributed by atoms with Crippen molar-refractivity contribution >= 4 is 35.0 Å². The first-order chi connectivity index (χ1) is 14.3. The molecule has 0 heterocycles. The lowest BCUT2D eigenvalue weighted by molar-refractivity contribution is -0.148. The summed E-state index contributed by atoms with van der Waals surface area (Å²) in [5.41, 5.74) is 0. The standard InChI is InChI=1S/C18H32N2O9S/c1-5-26-15(21)11-9-13(17(23)28-7-3)19-30(25)20-14(18(24)29-8-4)10-12-16(22)27-6-2/h13-14,19-20H,5-12H2,1-4H3. The predicted octanol–water partition coefficient (Wildman–Crippen LogP) is 0.294. The Morgan fingerprint density at radius 3 is 1.30 bits per heavy atom. The van der Waals surface area contributed by atoms with Crippen LogP contribution in [-0.2, 0) is 49.3 Å². The molecule has 0 saturated heterocycles. The van der Waals surface area contributed by atoms with Gasteiger partial charge in [0.05, 0.1) is 26.4 Å². The van der Waals surface area contributed by atoms with Crippen molar-refractivity contribution in [2.75, 3.05) is 26.4 Å². The van der Waals surface area contributed by atoms with E-state index in [0.29, 0.717) is 0 Å². The van der Waals surface area contributed by atoms with E-state index in [1.165, 1.54) is 0 Å². The van der Waals surface area contributed by atoms with Crippen LogP contribution in [-0.4, -0.2) is 66.6 Å². The number of hydrogen-bond acceptors (Lipinski definition) is 9. The Hall–Kier alpha value is -2.05. The average molecular weight is 453 g/mol. The second-order valence-corrected chi connectivity index (χ2v) is 6.81. The van der Waals surface area contributed by atoms with Crippen LogP contribution >= 0.6 is 0 Å². The van der Waals surface area contributed by atoms with Crippen molar-refractivity contribution in [3.8, 4) is 0 Å². The molecule has 0 aliphatic rings. The normalized spacial score (nSPS) is 13.6. The van der Waals surface area contributed by atoms with E-state index >= 15 is 0 Å². The van der Waals surface area contributed by atoms with Gasteiger partial charge in [0.1, 0.15) is 12.1 Å². The summed E-state index contributed by atoms with van der Waals surface area (Å²) in [5.74, 6) is -2.41. The highest BCUT2D eigenvalue weighted by Gasteiger charge is 2.27. The van der Waals surface area contributed by atoms with Crippen molar-refractivity contribution in [3.63, 3.8) is 0 Å². The molecule has 0 rings (SSSR count). The van der Waals surface area contributed by atoms with E-state index in [2.05, 4.69) is 9.44 Å². The van der Waals surface area contributed by atoms with E-state index in [1.54, 1.807) is 27.7 Å². The van der Waals surface area contributed by atoms with Gasteiger partial charge in [-0.15, -0.1) is 0 Å². The smallest absolute Gasteiger partial charge is 0.324 e. The second kappa shape index (κ2) is 16.7. The molecule has 2 atom stereocenters. The Morgan fingerprint density at radius 2 is 1.00 bits per heavy atom. The summed E-state index contributed by atoms with van der Waals surface area (Å²) in [6.45, 7) is 7.14. The zero-order valence-electron chi connectivity index (χ0n) is 17.9. The molecule has 0 aliphatic heterocycles. The van der Waals surface area contributed by atoms with Crippen molar-refractivity contribution in [1.29, 1.82) is 0 Å². The highest BCUT2D eigenvalue weighted by Crippen LogP contribution is 2.06. The van der Waals surface area contributed by atoms with E-state index in [-0.39, 0.29) is 52.1 Å². The molecule has 0 aliphatic carbocycles. The van der Waals surface area contributed by atoms with Gasteiger partial charge < -0.3 is 18.9 Å². The first kappa shape index (κ1) is 27.9. The molecule has 0 radical (unpaired) electrons. The number of ether oxygens (including phenoxy) is 4. The minimum atomic E-state index is -2.07. The van der Waals surface area contributed by atoms with Crippen LogP contribution in [0.2, 0.25) is 0 Å². The van der Waals surface area contributed by atoms with E-state index in [4.69, 9.17) is 18.9 Å². The topological polar surface area (TPSA) is 146 Å². The number of carbonyl (C=O) groups excluding carboxylic acids is 4. The molecule has 2 unspecified atom stereocenters. The van der Waals surface area contributed by atoms with Gasteiger partial charge in [0, 0.05) is 12.8 Å². The zero-order chi connectivity index (χ0) is 22.9. The van der Waals surface area contributed by atoms with Gasteiger partial charge >= 0.3 is 23.9 Å². The number of carbonyl (C=O) groups is 4. The number of nitrogens with one attached hydrogen (secondary N) is 2. The van der Waals surface area contributed by atoms with Crippen molar-refractivity contribution < 1.29 is 42.3 Å². The van der Waals surface area contributed by atoms with E-state index in [1.807, 2.05) is 0 Å². The molecule has 0 amide bonds. The van der Waals surface area contributed by atoms with Crippen LogP contribution < -0.4 is 9.44 Å². The summed E-state index contributed by atoms with van der Waals surface area (Å²) < 4.78 is 36.9. The largest absolute Gasteiger partial charge is 0.466 e. The fourth-order valence-electron chi connectivity index (χ4n) is 2.22. The van der Waals surface area contributed by atoms with Crippen LogP contribution in [0.5, 0.6) is 0 Å². The maximum Gasteiger partial charge on any atom is 0.324 e. The Bertz CT molecular complexity index is 538. The summed E-state index contributed by atoms with van der Waals surface area (Å²) in [6.07, 6.45) is -0.215. The first-order valence-corrected chi connectivity index (χ1v) is 11.0. The van der Waals surface area contributed by atoms with Crippen LogP contribution in [0.1, 0.15) is 53.4 Å². The van der Waals surface area contributed by atoms with Gasteiger partial charge in [0.25, 0.3) is 0 Å². The molecule has 0 spiro atoms. The summed E-state index contributed by atoms with van der Waals surface area (Å²) >= 11 is -2.07. The average Bonchev–Trinajstić information content (AvgIpc) is 2.69.